The minimum absolute atomic E-state index is 0.302. The van der Waals surface area contributed by atoms with Crippen molar-refractivity contribution in [3.05, 3.63) is 70.7 Å². The number of halogens is 2. The maximum atomic E-state index is 12.2. The van der Waals surface area contributed by atoms with Crippen LogP contribution in [0.2, 0.25) is 10.0 Å². The number of benzene rings is 2. The number of anilines is 1. The Morgan fingerprint density at radius 3 is 2.54 bits per heavy atom. The van der Waals surface area contributed by atoms with Gasteiger partial charge >= 0.3 is 5.97 Å². The summed E-state index contributed by atoms with van der Waals surface area (Å²) in [6, 6.07) is 11.1. The van der Waals surface area contributed by atoms with Gasteiger partial charge in [-0.2, -0.15) is 0 Å². The summed E-state index contributed by atoms with van der Waals surface area (Å²) in [5, 5.41) is 3.33. The SMILES string of the molecule is C=CCOc1ccc(C(=O)OC(C)C(=O)Nc2cc(Cl)ccc2Cl)cc1. The molecule has 0 spiro atoms. The number of rotatable bonds is 7. The summed E-state index contributed by atoms with van der Waals surface area (Å²) in [6.45, 7) is 5.39. The van der Waals surface area contributed by atoms with Gasteiger partial charge in [0.2, 0.25) is 0 Å². The van der Waals surface area contributed by atoms with Gasteiger partial charge in [0.1, 0.15) is 12.4 Å². The van der Waals surface area contributed by atoms with Crippen molar-refractivity contribution < 1.29 is 19.1 Å². The summed E-state index contributed by atoms with van der Waals surface area (Å²) in [5.41, 5.74) is 0.646. The maximum Gasteiger partial charge on any atom is 0.338 e. The highest BCUT2D eigenvalue weighted by atomic mass is 35.5. The minimum atomic E-state index is -1.02. The number of esters is 1. The molecule has 0 fully saturated rings. The molecule has 136 valence electrons. The zero-order chi connectivity index (χ0) is 19.1. The van der Waals surface area contributed by atoms with Crippen LogP contribution in [0.15, 0.2) is 55.1 Å². The Balaban J connectivity index is 1.96. The molecule has 0 saturated carbocycles. The van der Waals surface area contributed by atoms with Gasteiger partial charge in [0, 0.05) is 5.02 Å². The lowest BCUT2D eigenvalue weighted by molar-refractivity contribution is -0.123. The number of nitrogens with one attached hydrogen (secondary N) is 1. The summed E-state index contributed by atoms with van der Waals surface area (Å²) in [7, 11) is 0. The molecule has 1 atom stereocenters. The van der Waals surface area contributed by atoms with Crippen LogP contribution < -0.4 is 10.1 Å². The van der Waals surface area contributed by atoms with Crippen LogP contribution in [-0.4, -0.2) is 24.6 Å². The summed E-state index contributed by atoms with van der Waals surface area (Å²) >= 11 is 11.9. The Labute approximate surface area is 161 Å². The molecule has 0 aliphatic heterocycles. The lowest BCUT2D eigenvalue weighted by atomic mass is 10.2. The molecule has 0 aliphatic rings. The van der Waals surface area contributed by atoms with Crippen LogP contribution in [0.1, 0.15) is 17.3 Å². The van der Waals surface area contributed by atoms with Gasteiger partial charge in [0.25, 0.3) is 5.91 Å². The van der Waals surface area contributed by atoms with E-state index < -0.39 is 18.0 Å². The Morgan fingerprint density at radius 1 is 1.19 bits per heavy atom. The topological polar surface area (TPSA) is 64.6 Å². The first-order valence-electron chi connectivity index (χ1n) is 7.71. The Kier molecular flexibility index (Phi) is 7.06. The zero-order valence-electron chi connectivity index (χ0n) is 14.0. The van der Waals surface area contributed by atoms with Crippen LogP contribution in [0, 0.1) is 0 Å². The summed E-state index contributed by atoms with van der Waals surface area (Å²) in [6.07, 6.45) is 0.600. The first kappa shape index (κ1) is 19.8. The van der Waals surface area contributed by atoms with E-state index in [2.05, 4.69) is 11.9 Å². The van der Waals surface area contributed by atoms with E-state index in [1.165, 1.54) is 13.0 Å². The van der Waals surface area contributed by atoms with Crippen molar-refractivity contribution >= 4 is 40.8 Å². The quantitative estimate of drug-likeness (QED) is 0.544. The second-order valence-electron chi connectivity index (χ2n) is 5.29. The normalized spacial score (nSPS) is 11.3. The third kappa shape index (κ3) is 5.51. The molecule has 0 radical (unpaired) electrons. The zero-order valence-corrected chi connectivity index (χ0v) is 15.5. The Morgan fingerprint density at radius 2 is 1.88 bits per heavy atom. The molecule has 2 aromatic carbocycles. The van der Waals surface area contributed by atoms with Crippen molar-refractivity contribution in [1.82, 2.24) is 0 Å². The lowest BCUT2D eigenvalue weighted by Crippen LogP contribution is -2.30. The van der Waals surface area contributed by atoms with Crippen LogP contribution in [0.4, 0.5) is 5.69 Å². The van der Waals surface area contributed by atoms with E-state index in [0.717, 1.165) is 0 Å². The number of amides is 1. The monoisotopic (exact) mass is 393 g/mol. The Bertz CT molecular complexity index is 806. The average molecular weight is 394 g/mol. The number of carbonyl (C=O) groups excluding carboxylic acids is 2. The molecule has 26 heavy (non-hydrogen) atoms. The van der Waals surface area contributed by atoms with Crippen molar-refractivity contribution in [2.45, 2.75) is 13.0 Å². The second-order valence-corrected chi connectivity index (χ2v) is 6.13. The van der Waals surface area contributed by atoms with Gasteiger partial charge in [-0.3, -0.25) is 4.79 Å². The molecular formula is C19H17Cl2NO4. The van der Waals surface area contributed by atoms with Gasteiger partial charge in [-0.15, -0.1) is 0 Å². The van der Waals surface area contributed by atoms with Gasteiger partial charge in [0.15, 0.2) is 6.10 Å². The third-order valence-electron chi connectivity index (χ3n) is 3.30. The van der Waals surface area contributed by atoms with Gasteiger partial charge in [-0.05, 0) is 49.4 Å². The highest BCUT2D eigenvalue weighted by Gasteiger charge is 2.20. The second kappa shape index (κ2) is 9.27. The molecule has 0 saturated heterocycles. The predicted molar refractivity (Wildman–Crippen MR) is 102 cm³/mol. The van der Waals surface area contributed by atoms with Crippen LogP contribution >= 0.6 is 23.2 Å². The smallest absolute Gasteiger partial charge is 0.338 e. The molecule has 0 bridgehead atoms. The van der Waals surface area contributed by atoms with E-state index in [9.17, 15) is 9.59 Å². The highest BCUT2D eigenvalue weighted by Crippen LogP contribution is 2.25. The molecule has 0 heterocycles. The number of hydrogen-bond donors (Lipinski definition) is 1. The predicted octanol–water partition coefficient (Wildman–Crippen LogP) is 4.74. The van der Waals surface area contributed by atoms with Crippen LogP contribution in [-0.2, 0) is 9.53 Å². The fourth-order valence-electron chi connectivity index (χ4n) is 1.95. The van der Waals surface area contributed by atoms with E-state index in [1.54, 1.807) is 42.5 Å². The summed E-state index contributed by atoms with van der Waals surface area (Å²) < 4.78 is 10.5. The van der Waals surface area contributed by atoms with E-state index in [-0.39, 0.29) is 0 Å². The van der Waals surface area contributed by atoms with Gasteiger partial charge in [0.05, 0.1) is 16.3 Å². The van der Waals surface area contributed by atoms with Crippen molar-refractivity contribution in [3.8, 4) is 5.75 Å². The summed E-state index contributed by atoms with van der Waals surface area (Å²) in [5.74, 6) is -0.545. The molecule has 2 aromatic rings. The van der Waals surface area contributed by atoms with Crippen molar-refractivity contribution in [2.75, 3.05) is 11.9 Å². The molecule has 1 amide bonds. The Hall–Kier alpha value is -2.50. The fourth-order valence-corrected chi connectivity index (χ4v) is 2.29. The largest absolute Gasteiger partial charge is 0.490 e. The molecule has 1 unspecified atom stereocenters. The number of carbonyl (C=O) groups is 2. The van der Waals surface area contributed by atoms with Gasteiger partial charge in [-0.1, -0.05) is 35.9 Å². The van der Waals surface area contributed by atoms with Gasteiger partial charge < -0.3 is 14.8 Å². The van der Waals surface area contributed by atoms with Crippen molar-refractivity contribution in [1.29, 1.82) is 0 Å². The molecule has 0 aliphatic carbocycles. The number of ether oxygens (including phenoxy) is 2. The van der Waals surface area contributed by atoms with E-state index in [4.69, 9.17) is 32.7 Å². The number of hydrogen-bond acceptors (Lipinski definition) is 4. The fraction of sp³-hybridized carbons (Fsp3) is 0.158. The van der Waals surface area contributed by atoms with E-state index in [0.29, 0.717) is 33.7 Å². The average Bonchev–Trinajstić information content (AvgIpc) is 2.63. The molecule has 0 aromatic heterocycles. The molecule has 1 N–H and O–H groups in total. The first-order chi connectivity index (χ1) is 12.4. The minimum Gasteiger partial charge on any atom is -0.490 e. The highest BCUT2D eigenvalue weighted by molar-refractivity contribution is 6.35. The first-order valence-corrected chi connectivity index (χ1v) is 8.47. The molecule has 2 rings (SSSR count). The van der Waals surface area contributed by atoms with Crippen LogP contribution in [0.25, 0.3) is 0 Å². The van der Waals surface area contributed by atoms with Crippen LogP contribution in [0.3, 0.4) is 0 Å². The van der Waals surface area contributed by atoms with E-state index >= 15 is 0 Å². The van der Waals surface area contributed by atoms with Crippen molar-refractivity contribution in [2.24, 2.45) is 0 Å². The maximum absolute atomic E-state index is 12.2. The van der Waals surface area contributed by atoms with E-state index in [1.807, 2.05) is 0 Å². The van der Waals surface area contributed by atoms with Gasteiger partial charge in [-0.25, -0.2) is 4.79 Å². The van der Waals surface area contributed by atoms with Crippen molar-refractivity contribution in [3.63, 3.8) is 0 Å². The third-order valence-corrected chi connectivity index (χ3v) is 3.86. The summed E-state index contributed by atoms with van der Waals surface area (Å²) in [4.78, 5) is 24.3. The van der Waals surface area contributed by atoms with Crippen LogP contribution in [0.5, 0.6) is 5.75 Å². The standard InChI is InChI=1S/C19H17Cl2NO4/c1-3-10-25-15-7-4-13(5-8-15)19(24)26-12(2)18(23)22-17-11-14(20)6-9-16(17)21/h3-9,11-12H,1,10H2,2H3,(H,22,23). The molecular weight excluding hydrogens is 377 g/mol. The molecule has 7 heteroatoms. The molecule has 5 nitrogen and oxygen atoms in total. The lowest BCUT2D eigenvalue weighted by Gasteiger charge is -2.14.